The third-order valence-corrected chi connectivity index (χ3v) is 4.11. The molecule has 1 N–H and O–H groups in total. The van der Waals surface area contributed by atoms with E-state index >= 15 is 0 Å². The summed E-state index contributed by atoms with van der Waals surface area (Å²) >= 11 is 6.48. The summed E-state index contributed by atoms with van der Waals surface area (Å²) in [7, 11) is 0. The highest BCUT2D eigenvalue weighted by molar-refractivity contribution is 6.33. The monoisotopic (exact) mass is 280 g/mol. The van der Waals surface area contributed by atoms with Gasteiger partial charge in [-0.3, -0.25) is 0 Å². The summed E-state index contributed by atoms with van der Waals surface area (Å²) in [5.41, 5.74) is 2.46. The highest BCUT2D eigenvalue weighted by Gasteiger charge is 2.29. The number of rotatable bonds is 7. The number of benzene rings is 1. The lowest BCUT2D eigenvalue weighted by Crippen LogP contribution is -2.25. The molecule has 0 radical (unpaired) electrons. The maximum atomic E-state index is 6.48. The Kier molecular flexibility index (Phi) is 5.12. The van der Waals surface area contributed by atoms with E-state index in [1.165, 1.54) is 24.1 Å². The zero-order valence-electron chi connectivity index (χ0n) is 12.2. The van der Waals surface area contributed by atoms with Crippen LogP contribution in [-0.2, 0) is 0 Å². The van der Waals surface area contributed by atoms with Crippen LogP contribution in [0, 0.1) is 0 Å². The summed E-state index contributed by atoms with van der Waals surface area (Å²) in [6.07, 6.45) is 3.77. The Hall–Kier alpha value is -0.730. The molecule has 2 nitrogen and oxygen atoms in total. The van der Waals surface area contributed by atoms with Crippen molar-refractivity contribution in [2.75, 3.05) is 18.0 Å². The fourth-order valence-electron chi connectivity index (χ4n) is 2.52. The van der Waals surface area contributed by atoms with E-state index in [0.29, 0.717) is 12.1 Å². The molecule has 3 heteroatoms. The molecule has 1 fully saturated rings. The van der Waals surface area contributed by atoms with Gasteiger partial charge < -0.3 is 10.2 Å². The van der Waals surface area contributed by atoms with Gasteiger partial charge in [0.15, 0.2) is 0 Å². The third-order valence-electron chi connectivity index (χ3n) is 3.81. The van der Waals surface area contributed by atoms with Crippen LogP contribution in [0.3, 0.4) is 0 Å². The molecule has 0 aliphatic heterocycles. The summed E-state index contributed by atoms with van der Waals surface area (Å²) in [4.78, 5) is 2.43. The zero-order valence-corrected chi connectivity index (χ0v) is 13.0. The molecule has 106 valence electrons. The van der Waals surface area contributed by atoms with Crippen molar-refractivity contribution < 1.29 is 0 Å². The molecule has 1 atom stereocenters. The molecule has 0 heterocycles. The molecule has 2 rings (SSSR count). The SMILES string of the molecule is CCCNC(C)c1ccc(N(CC)C2CC2)c(Cl)c1. The molecule has 1 aliphatic carbocycles. The van der Waals surface area contributed by atoms with Crippen LogP contribution in [0.4, 0.5) is 5.69 Å². The van der Waals surface area contributed by atoms with Crippen molar-refractivity contribution in [1.82, 2.24) is 5.32 Å². The van der Waals surface area contributed by atoms with Crippen LogP contribution >= 0.6 is 11.6 Å². The number of halogens is 1. The molecule has 1 aromatic carbocycles. The first-order valence-electron chi connectivity index (χ1n) is 7.46. The van der Waals surface area contributed by atoms with Gasteiger partial charge in [-0.05, 0) is 57.4 Å². The van der Waals surface area contributed by atoms with E-state index in [-0.39, 0.29) is 0 Å². The van der Waals surface area contributed by atoms with E-state index < -0.39 is 0 Å². The molecule has 0 bridgehead atoms. The van der Waals surface area contributed by atoms with Crippen LogP contribution in [0.25, 0.3) is 0 Å². The van der Waals surface area contributed by atoms with Gasteiger partial charge in [0, 0.05) is 18.6 Å². The van der Waals surface area contributed by atoms with E-state index in [1.807, 2.05) is 0 Å². The Morgan fingerprint density at radius 2 is 2.11 bits per heavy atom. The van der Waals surface area contributed by atoms with Gasteiger partial charge in [0.2, 0.25) is 0 Å². The minimum Gasteiger partial charge on any atom is -0.368 e. The molecule has 0 amide bonds. The molecule has 0 aromatic heterocycles. The predicted octanol–water partition coefficient (Wildman–Crippen LogP) is 4.39. The van der Waals surface area contributed by atoms with Crippen LogP contribution in [0.1, 0.15) is 51.6 Å². The highest BCUT2D eigenvalue weighted by atomic mass is 35.5. The van der Waals surface area contributed by atoms with Crippen LogP contribution in [0.5, 0.6) is 0 Å². The smallest absolute Gasteiger partial charge is 0.0642 e. The molecule has 1 aromatic rings. The van der Waals surface area contributed by atoms with Gasteiger partial charge in [-0.25, -0.2) is 0 Å². The van der Waals surface area contributed by atoms with Gasteiger partial charge in [0.25, 0.3) is 0 Å². The van der Waals surface area contributed by atoms with Gasteiger partial charge in [0.05, 0.1) is 10.7 Å². The quantitative estimate of drug-likeness (QED) is 0.797. The molecule has 0 spiro atoms. The van der Waals surface area contributed by atoms with E-state index in [0.717, 1.165) is 24.5 Å². The van der Waals surface area contributed by atoms with Crippen molar-refractivity contribution in [2.24, 2.45) is 0 Å². The number of hydrogen-bond donors (Lipinski definition) is 1. The van der Waals surface area contributed by atoms with Crippen LogP contribution < -0.4 is 10.2 Å². The van der Waals surface area contributed by atoms with E-state index in [1.54, 1.807) is 0 Å². The van der Waals surface area contributed by atoms with Gasteiger partial charge in [-0.1, -0.05) is 24.6 Å². The van der Waals surface area contributed by atoms with Crippen molar-refractivity contribution in [3.05, 3.63) is 28.8 Å². The summed E-state index contributed by atoms with van der Waals surface area (Å²) in [5.74, 6) is 0. The first kappa shape index (κ1) is 14.7. The topological polar surface area (TPSA) is 15.3 Å². The standard InChI is InChI=1S/C16H25ClN2/c1-4-10-18-12(3)13-6-9-16(15(17)11-13)19(5-2)14-7-8-14/h6,9,11-12,14,18H,4-5,7-8,10H2,1-3H3. The lowest BCUT2D eigenvalue weighted by Gasteiger charge is -2.25. The van der Waals surface area contributed by atoms with E-state index in [4.69, 9.17) is 11.6 Å². The summed E-state index contributed by atoms with van der Waals surface area (Å²) < 4.78 is 0. The molecule has 1 aliphatic rings. The Bertz CT molecular complexity index is 415. The number of nitrogens with zero attached hydrogens (tertiary/aromatic N) is 1. The normalized spacial score (nSPS) is 16.4. The van der Waals surface area contributed by atoms with Gasteiger partial charge in [0.1, 0.15) is 0 Å². The third kappa shape index (κ3) is 3.64. The Balaban J connectivity index is 2.11. The average molecular weight is 281 g/mol. The van der Waals surface area contributed by atoms with Crippen molar-refractivity contribution in [3.63, 3.8) is 0 Å². The second kappa shape index (κ2) is 6.62. The lowest BCUT2D eigenvalue weighted by molar-refractivity contribution is 0.570. The van der Waals surface area contributed by atoms with Crippen molar-refractivity contribution in [1.29, 1.82) is 0 Å². The summed E-state index contributed by atoms with van der Waals surface area (Å²) in [6.45, 7) is 8.66. The fourth-order valence-corrected chi connectivity index (χ4v) is 2.81. The van der Waals surface area contributed by atoms with Gasteiger partial charge in [-0.15, -0.1) is 0 Å². The fraction of sp³-hybridized carbons (Fsp3) is 0.625. The molecule has 1 unspecified atom stereocenters. The first-order chi connectivity index (χ1) is 9.17. The summed E-state index contributed by atoms with van der Waals surface area (Å²) in [5, 5.41) is 4.39. The Morgan fingerprint density at radius 3 is 2.63 bits per heavy atom. The molecule has 1 saturated carbocycles. The lowest BCUT2D eigenvalue weighted by atomic mass is 10.1. The van der Waals surface area contributed by atoms with Crippen LogP contribution in [0.2, 0.25) is 5.02 Å². The zero-order chi connectivity index (χ0) is 13.8. The van der Waals surface area contributed by atoms with Crippen molar-refractivity contribution in [2.45, 2.75) is 52.1 Å². The minimum absolute atomic E-state index is 0.363. The Morgan fingerprint density at radius 1 is 1.37 bits per heavy atom. The maximum Gasteiger partial charge on any atom is 0.0642 e. The Labute approximate surface area is 122 Å². The second-order valence-corrected chi connectivity index (χ2v) is 5.81. The molecular formula is C16H25ClN2. The van der Waals surface area contributed by atoms with Gasteiger partial charge in [-0.2, -0.15) is 0 Å². The molecular weight excluding hydrogens is 256 g/mol. The predicted molar refractivity (Wildman–Crippen MR) is 84.2 cm³/mol. The minimum atomic E-state index is 0.363. The first-order valence-corrected chi connectivity index (χ1v) is 7.84. The largest absolute Gasteiger partial charge is 0.368 e. The van der Waals surface area contributed by atoms with Gasteiger partial charge >= 0.3 is 0 Å². The van der Waals surface area contributed by atoms with Crippen molar-refractivity contribution in [3.8, 4) is 0 Å². The number of anilines is 1. The average Bonchev–Trinajstić information content (AvgIpc) is 3.23. The van der Waals surface area contributed by atoms with Crippen LogP contribution in [0.15, 0.2) is 18.2 Å². The van der Waals surface area contributed by atoms with E-state index in [9.17, 15) is 0 Å². The van der Waals surface area contributed by atoms with Crippen LogP contribution in [-0.4, -0.2) is 19.1 Å². The molecule has 19 heavy (non-hydrogen) atoms. The maximum absolute atomic E-state index is 6.48. The highest BCUT2D eigenvalue weighted by Crippen LogP contribution is 2.36. The van der Waals surface area contributed by atoms with E-state index in [2.05, 4.69) is 49.2 Å². The second-order valence-electron chi connectivity index (χ2n) is 5.40. The number of nitrogens with one attached hydrogen (secondary N) is 1. The summed E-state index contributed by atoms with van der Waals surface area (Å²) in [6, 6.07) is 7.59. The van der Waals surface area contributed by atoms with Crippen molar-refractivity contribution >= 4 is 17.3 Å². The molecule has 0 saturated heterocycles. The number of hydrogen-bond acceptors (Lipinski definition) is 2.